The van der Waals surface area contributed by atoms with Gasteiger partial charge in [0.15, 0.2) is 11.6 Å². The van der Waals surface area contributed by atoms with E-state index in [1.807, 2.05) is 6.92 Å². The summed E-state index contributed by atoms with van der Waals surface area (Å²) in [4.78, 5) is 4.31. The first-order valence-electron chi connectivity index (χ1n) is 5.98. The molecule has 1 aliphatic carbocycles. The summed E-state index contributed by atoms with van der Waals surface area (Å²) in [7, 11) is 0. The zero-order valence-corrected chi connectivity index (χ0v) is 10.8. The SMILES string of the molecule is CC1(n2c(CCl)nc3ccc(F)c(F)c32)CCC1. The monoisotopic (exact) mass is 270 g/mol. The number of aromatic nitrogens is 2. The van der Waals surface area contributed by atoms with Crippen LogP contribution in [0.4, 0.5) is 8.78 Å². The number of fused-ring (bicyclic) bond motifs is 1. The van der Waals surface area contributed by atoms with Crippen LogP contribution < -0.4 is 0 Å². The first-order valence-corrected chi connectivity index (χ1v) is 6.52. The Hall–Kier alpha value is -1.16. The molecule has 0 spiro atoms. The van der Waals surface area contributed by atoms with E-state index in [2.05, 4.69) is 4.98 Å². The molecule has 2 nitrogen and oxygen atoms in total. The molecule has 0 saturated heterocycles. The summed E-state index contributed by atoms with van der Waals surface area (Å²) in [6.07, 6.45) is 2.98. The van der Waals surface area contributed by atoms with E-state index < -0.39 is 11.6 Å². The van der Waals surface area contributed by atoms with Crippen molar-refractivity contribution in [2.45, 2.75) is 37.6 Å². The Bertz CT molecular complexity index is 617. The molecule has 1 saturated carbocycles. The second-order valence-corrected chi connectivity index (χ2v) is 5.34. The summed E-state index contributed by atoms with van der Waals surface area (Å²) in [5, 5.41) is 0. The van der Waals surface area contributed by atoms with Crippen LogP contribution in [-0.4, -0.2) is 9.55 Å². The zero-order chi connectivity index (χ0) is 12.9. The molecule has 2 aromatic rings. The number of hydrogen-bond donors (Lipinski definition) is 0. The standard InChI is InChI=1S/C13H13ClF2N2/c1-13(5-2-6-13)18-10(7-14)17-9-4-3-8(15)11(16)12(9)18/h3-4H,2,5-7H2,1H3. The third kappa shape index (κ3) is 1.48. The first kappa shape index (κ1) is 11.9. The topological polar surface area (TPSA) is 17.8 Å². The van der Waals surface area contributed by atoms with Crippen LogP contribution in [0, 0.1) is 11.6 Å². The van der Waals surface area contributed by atoms with Crippen LogP contribution in [0.1, 0.15) is 32.0 Å². The zero-order valence-electron chi connectivity index (χ0n) is 10.0. The highest BCUT2D eigenvalue weighted by Crippen LogP contribution is 2.42. The highest BCUT2D eigenvalue weighted by Gasteiger charge is 2.37. The van der Waals surface area contributed by atoms with E-state index in [0.717, 1.165) is 25.3 Å². The number of nitrogens with zero attached hydrogens (tertiary/aromatic N) is 2. The molecule has 0 aliphatic heterocycles. The molecule has 0 amide bonds. The van der Waals surface area contributed by atoms with Gasteiger partial charge in [-0.05, 0) is 38.3 Å². The van der Waals surface area contributed by atoms with Crippen molar-refractivity contribution in [1.82, 2.24) is 9.55 Å². The predicted molar refractivity (Wildman–Crippen MR) is 66.7 cm³/mol. The highest BCUT2D eigenvalue weighted by atomic mass is 35.5. The third-order valence-corrected chi connectivity index (χ3v) is 4.11. The van der Waals surface area contributed by atoms with Gasteiger partial charge in [-0.2, -0.15) is 0 Å². The molecule has 18 heavy (non-hydrogen) atoms. The molecule has 1 fully saturated rings. The molecule has 1 heterocycles. The molecule has 3 rings (SSSR count). The second-order valence-electron chi connectivity index (χ2n) is 5.08. The lowest BCUT2D eigenvalue weighted by Gasteiger charge is -2.41. The Morgan fingerprint density at radius 3 is 2.67 bits per heavy atom. The van der Waals surface area contributed by atoms with Crippen LogP contribution >= 0.6 is 11.6 Å². The Morgan fingerprint density at radius 1 is 1.39 bits per heavy atom. The number of benzene rings is 1. The number of halogens is 3. The lowest BCUT2D eigenvalue weighted by atomic mass is 9.78. The van der Waals surface area contributed by atoms with E-state index in [9.17, 15) is 8.78 Å². The maximum absolute atomic E-state index is 14.0. The van der Waals surface area contributed by atoms with Crippen molar-refractivity contribution < 1.29 is 8.78 Å². The first-order chi connectivity index (χ1) is 8.57. The molecule has 0 unspecified atom stereocenters. The third-order valence-electron chi connectivity index (χ3n) is 3.87. The molecule has 96 valence electrons. The van der Waals surface area contributed by atoms with Crippen molar-refractivity contribution in [2.24, 2.45) is 0 Å². The Labute approximate surface area is 109 Å². The molecule has 5 heteroatoms. The molecular formula is C13H13ClF2N2. The minimum atomic E-state index is -0.840. The summed E-state index contributed by atoms with van der Waals surface area (Å²) in [6.45, 7) is 2.04. The number of alkyl halides is 1. The lowest BCUT2D eigenvalue weighted by molar-refractivity contribution is 0.169. The van der Waals surface area contributed by atoms with Gasteiger partial charge in [0.2, 0.25) is 0 Å². The largest absolute Gasteiger partial charge is 0.319 e. The normalized spacial score (nSPS) is 18.0. The van der Waals surface area contributed by atoms with Crippen LogP contribution in [0.3, 0.4) is 0 Å². The van der Waals surface area contributed by atoms with E-state index in [4.69, 9.17) is 11.6 Å². The highest BCUT2D eigenvalue weighted by molar-refractivity contribution is 6.16. The van der Waals surface area contributed by atoms with Gasteiger partial charge in [0.05, 0.1) is 11.4 Å². The minimum absolute atomic E-state index is 0.187. The maximum atomic E-state index is 14.0. The van der Waals surface area contributed by atoms with E-state index >= 15 is 0 Å². The van der Waals surface area contributed by atoms with Gasteiger partial charge in [0.1, 0.15) is 11.3 Å². The minimum Gasteiger partial charge on any atom is -0.319 e. The van der Waals surface area contributed by atoms with Crippen molar-refractivity contribution in [1.29, 1.82) is 0 Å². The second kappa shape index (κ2) is 3.92. The summed E-state index contributed by atoms with van der Waals surface area (Å²) in [5.74, 6) is -0.860. The van der Waals surface area contributed by atoms with Gasteiger partial charge in [-0.25, -0.2) is 13.8 Å². The van der Waals surface area contributed by atoms with Crippen LogP contribution in [0.15, 0.2) is 12.1 Å². The molecule has 1 aromatic heterocycles. The molecule has 0 N–H and O–H groups in total. The summed E-state index contributed by atoms with van der Waals surface area (Å²) in [6, 6.07) is 2.61. The molecular weight excluding hydrogens is 258 g/mol. The van der Waals surface area contributed by atoms with Gasteiger partial charge in [0.25, 0.3) is 0 Å². The van der Waals surface area contributed by atoms with Crippen LogP contribution in [-0.2, 0) is 11.4 Å². The average molecular weight is 271 g/mol. The molecule has 1 aromatic carbocycles. The summed E-state index contributed by atoms with van der Waals surface area (Å²) in [5.41, 5.74) is 0.527. The van der Waals surface area contributed by atoms with Crippen LogP contribution in [0.2, 0.25) is 0 Å². The van der Waals surface area contributed by atoms with E-state index in [-0.39, 0.29) is 16.9 Å². The molecule has 0 atom stereocenters. The molecule has 1 aliphatic rings. The van der Waals surface area contributed by atoms with Gasteiger partial charge >= 0.3 is 0 Å². The van der Waals surface area contributed by atoms with Crippen LogP contribution in [0.25, 0.3) is 11.0 Å². The van der Waals surface area contributed by atoms with E-state index in [0.29, 0.717) is 11.3 Å². The summed E-state index contributed by atoms with van der Waals surface area (Å²) < 4.78 is 29.2. The summed E-state index contributed by atoms with van der Waals surface area (Å²) >= 11 is 5.88. The Kier molecular flexibility index (Phi) is 2.59. The average Bonchev–Trinajstić information content (AvgIpc) is 2.70. The van der Waals surface area contributed by atoms with E-state index in [1.165, 1.54) is 6.07 Å². The van der Waals surface area contributed by atoms with Gasteiger partial charge in [-0.15, -0.1) is 11.6 Å². The fourth-order valence-electron chi connectivity index (χ4n) is 2.73. The van der Waals surface area contributed by atoms with Crippen molar-refractivity contribution in [3.8, 4) is 0 Å². The predicted octanol–water partition coefficient (Wildman–Crippen LogP) is 3.95. The lowest BCUT2D eigenvalue weighted by Crippen LogP contribution is -2.38. The van der Waals surface area contributed by atoms with Crippen molar-refractivity contribution in [2.75, 3.05) is 0 Å². The fourth-order valence-corrected chi connectivity index (χ4v) is 2.91. The number of hydrogen-bond acceptors (Lipinski definition) is 1. The van der Waals surface area contributed by atoms with Crippen molar-refractivity contribution in [3.05, 3.63) is 29.6 Å². The van der Waals surface area contributed by atoms with Gasteiger partial charge in [0, 0.05) is 5.54 Å². The Morgan fingerprint density at radius 2 is 2.11 bits per heavy atom. The fraction of sp³-hybridized carbons (Fsp3) is 0.462. The smallest absolute Gasteiger partial charge is 0.184 e. The van der Waals surface area contributed by atoms with Crippen molar-refractivity contribution >= 4 is 22.6 Å². The quantitative estimate of drug-likeness (QED) is 0.756. The van der Waals surface area contributed by atoms with E-state index in [1.54, 1.807) is 4.57 Å². The number of imidazole rings is 1. The van der Waals surface area contributed by atoms with Gasteiger partial charge < -0.3 is 4.57 Å². The van der Waals surface area contributed by atoms with Gasteiger partial charge in [-0.1, -0.05) is 0 Å². The van der Waals surface area contributed by atoms with Crippen molar-refractivity contribution in [3.63, 3.8) is 0 Å². The Balaban J connectivity index is 2.36. The maximum Gasteiger partial charge on any atom is 0.184 e. The molecule has 0 radical (unpaired) electrons. The van der Waals surface area contributed by atoms with Gasteiger partial charge in [-0.3, -0.25) is 0 Å². The molecule has 0 bridgehead atoms. The number of rotatable bonds is 2. The van der Waals surface area contributed by atoms with Crippen LogP contribution in [0.5, 0.6) is 0 Å².